The van der Waals surface area contributed by atoms with Crippen molar-refractivity contribution in [2.24, 2.45) is 0 Å². The first kappa shape index (κ1) is 18.9. The smallest absolute Gasteiger partial charge is 0.246 e. The van der Waals surface area contributed by atoms with Crippen LogP contribution in [0.3, 0.4) is 0 Å². The van der Waals surface area contributed by atoms with Crippen molar-refractivity contribution in [2.45, 2.75) is 20.0 Å². The second kappa shape index (κ2) is 8.70. The molecule has 1 aliphatic heterocycles. The van der Waals surface area contributed by atoms with Crippen molar-refractivity contribution in [3.05, 3.63) is 45.8 Å². The lowest BCUT2D eigenvalue weighted by Gasteiger charge is -2.34. The predicted octanol–water partition coefficient (Wildman–Crippen LogP) is 1.71. The topological polar surface area (TPSA) is 74.5 Å². The second-order valence-electron chi connectivity index (χ2n) is 6.30. The highest BCUT2D eigenvalue weighted by atomic mass is 79.9. The van der Waals surface area contributed by atoms with Crippen LogP contribution in [-0.2, 0) is 17.9 Å². The van der Waals surface area contributed by atoms with Gasteiger partial charge >= 0.3 is 0 Å². The fourth-order valence-electron chi connectivity index (χ4n) is 2.84. The molecule has 1 fully saturated rings. The molecule has 26 heavy (non-hydrogen) atoms. The van der Waals surface area contributed by atoms with Gasteiger partial charge in [0.15, 0.2) is 5.82 Å². The number of nitrogens with zero attached hydrogens (tertiary/aromatic N) is 4. The number of halogens is 2. The maximum atomic E-state index is 13.9. The normalized spacial score (nSPS) is 16.0. The molecule has 1 saturated heterocycles. The molecular weight excluding hydrogens is 405 g/mol. The molecule has 0 bridgehead atoms. The highest BCUT2D eigenvalue weighted by Gasteiger charge is 2.20. The van der Waals surface area contributed by atoms with Gasteiger partial charge in [-0.05, 0) is 19.1 Å². The lowest BCUT2D eigenvalue weighted by atomic mass is 10.2. The molecule has 1 aromatic carbocycles. The summed E-state index contributed by atoms with van der Waals surface area (Å²) in [7, 11) is 0. The van der Waals surface area contributed by atoms with Crippen LogP contribution in [0, 0.1) is 12.7 Å². The molecule has 0 atom stereocenters. The maximum Gasteiger partial charge on any atom is 0.246 e. The van der Waals surface area contributed by atoms with E-state index in [-0.39, 0.29) is 18.3 Å². The van der Waals surface area contributed by atoms with Gasteiger partial charge < -0.3 is 9.84 Å². The zero-order valence-corrected chi connectivity index (χ0v) is 16.1. The predicted molar refractivity (Wildman–Crippen MR) is 96.7 cm³/mol. The Hall–Kier alpha value is -1.84. The van der Waals surface area contributed by atoms with E-state index in [0.29, 0.717) is 30.4 Å². The minimum atomic E-state index is -0.197. The summed E-state index contributed by atoms with van der Waals surface area (Å²) in [6, 6.07) is 5.14. The van der Waals surface area contributed by atoms with Crippen LogP contribution >= 0.6 is 15.9 Å². The summed E-state index contributed by atoms with van der Waals surface area (Å²) in [5.41, 5.74) is 0.689. The molecule has 0 spiro atoms. The Bertz CT molecular complexity index is 761. The zero-order chi connectivity index (χ0) is 18.5. The highest BCUT2D eigenvalue weighted by Crippen LogP contribution is 2.17. The van der Waals surface area contributed by atoms with Crippen LogP contribution in [0.1, 0.15) is 17.3 Å². The first-order valence-corrected chi connectivity index (χ1v) is 9.23. The van der Waals surface area contributed by atoms with Crippen LogP contribution in [0.4, 0.5) is 4.39 Å². The number of rotatable bonds is 6. The van der Waals surface area contributed by atoms with Crippen molar-refractivity contribution < 1.29 is 13.7 Å². The van der Waals surface area contributed by atoms with E-state index in [2.05, 4.69) is 41.2 Å². The van der Waals surface area contributed by atoms with E-state index in [4.69, 9.17) is 4.52 Å². The fourth-order valence-corrected chi connectivity index (χ4v) is 3.17. The van der Waals surface area contributed by atoms with Gasteiger partial charge in [0.25, 0.3) is 0 Å². The molecule has 1 N–H and O–H groups in total. The van der Waals surface area contributed by atoms with Crippen molar-refractivity contribution in [3.63, 3.8) is 0 Å². The van der Waals surface area contributed by atoms with E-state index >= 15 is 0 Å². The van der Waals surface area contributed by atoms with E-state index in [1.54, 1.807) is 13.0 Å². The van der Waals surface area contributed by atoms with Crippen molar-refractivity contribution in [1.82, 2.24) is 25.3 Å². The quantitative estimate of drug-likeness (QED) is 0.759. The van der Waals surface area contributed by atoms with Gasteiger partial charge in [-0.2, -0.15) is 4.98 Å². The molecule has 1 aliphatic rings. The maximum absolute atomic E-state index is 13.9. The first-order valence-electron chi connectivity index (χ1n) is 8.44. The average Bonchev–Trinajstić information content (AvgIpc) is 3.03. The molecule has 1 amide bonds. The van der Waals surface area contributed by atoms with E-state index in [1.165, 1.54) is 6.07 Å². The molecule has 0 unspecified atom stereocenters. The highest BCUT2D eigenvalue weighted by molar-refractivity contribution is 9.10. The van der Waals surface area contributed by atoms with Crippen LogP contribution < -0.4 is 5.32 Å². The molecule has 0 aliphatic carbocycles. The Labute approximate surface area is 159 Å². The summed E-state index contributed by atoms with van der Waals surface area (Å²) >= 11 is 3.27. The van der Waals surface area contributed by atoms with Gasteiger partial charge in [-0.3, -0.25) is 14.6 Å². The third kappa shape index (κ3) is 5.33. The molecular formula is C17H21BrFN5O2. The van der Waals surface area contributed by atoms with Crippen LogP contribution in [-0.4, -0.2) is 58.6 Å². The number of aryl methyl sites for hydroxylation is 1. The molecule has 7 nitrogen and oxygen atoms in total. The van der Waals surface area contributed by atoms with Gasteiger partial charge in [0.05, 0.1) is 13.1 Å². The minimum absolute atomic E-state index is 0.0757. The minimum Gasteiger partial charge on any atom is -0.346 e. The van der Waals surface area contributed by atoms with Crippen molar-refractivity contribution in [1.29, 1.82) is 0 Å². The lowest BCUT2D eigenvalue weighted by molar-refractivity contribution is -0.123. The standard InChI is InChI=1S/C17H21BrFN5O2/c1-12-21-17(26-22-12)9-20-16(25)11-24-6-4-23(5-7-24)10-13-2-3-14(18)8-15(13)19/h2-3,8H,4-7,9-11H2,1H3,(H,20,25). The number of aromatic nitrogens is 2. The van der Waals surface area contributed by atoms with E-state index in [9.17, 15) is 9.18 Å². The van der Waals surface area contributed by atoms with Gasteiger partial charge in [0.2, 0.25) is 11.8 Å². The third-order valence-corrected chi connectivity index (χ3v) is 4.74. The van der Waals surface area contributed by atoms with Gasteiger partial charge in [-0.1, -0.05) is 27.2 Å². The molecule has 1 aromatic heterocycles. The molecule has 3 rings (SSSR count). The van der Waals surface area contributed by atoms with Crippen LogP contribution in [0.2, 0.25) is 0 Å². The third-order valence-electron chi connectivity index (χ3n) is 4.25. The average molecular weight is 426 g/mol. The first-order chi connectivity index (χ1) is 12.5. The summed E-state index contributed by atoms with van der Waals surface area (Å²) in [6.07, 6.45) is 0. The Balaban J connectivity index is 1.39. The Morgan fingerprint density at radius 2 is 2.04 bits per heavy atom. The number of piperazine rings is 1. The number of amides is 1. The summed E-state index contributed by atoms with van der Waals surface area (Å²) < 4.78 is 19.6. The van der Waals surface area contributed by atoms with Gasteiger partial charge in [0.1, 0.15) is 5.82 Å². The van der Waals surface area contributed by atoms with Gasteiger partial charge in [-0.25, -0.2) is 4.39 Å². The Morgan fingerprint density at radius 3 is 2.69 bits per heavy atom. The second-order valence-corrected chi connectivity index (χ2v) is 7.22. The van der Waals surface area contributed by atoms with Gasteiger partial charge in [-0.15, -0.1) is 0 Å². The number of benzene rings is 1. The molecule has 2 aromatic rings. The zero-order valence-electron chi connectivity index (χ0n) is 14.5. The Kier molecular flexibility index (Phi) is 6.33. The number of hydrogen-bond acceptors (Lipinski definition) is 6. The lowest BCUT2D eigenvalue weighted by Crippen LogP contribution is -2.49. The monoisotopic (exact) mass is 425 g/mol. The Morgan fingerprint density at radius 1 is 1.31 bits per heavy atom. The largest absolute Gasteiger partial charge is 0.346 e. The number of carbonyl (C=O) groups excluding carboxylic acids is 1. The summed E-state index contributed by atoms with van der Waals surface area (Å²) in [5, 5.41) is 6.46. The van der Waals surface area contributed by atoms with Gasteiger partial charge in [0, 0.05) is 42.8 Å². The summed E-state index contributed by atoms with van der Waals surface area (Å²) in [4.78, 5) is 20.4. The van der Waals surface area contributed by atoms with Crippen molar-refractivity contribution >= 4 is 21.8 Å². The van der Waals surface area contributed by atoms with E-state index in [1.807, 2.05) is 6.07 Å². The number of carbonyl (C=O) groups is 1. The molecule has 9 heteroatoms. The molecule has 0 saturated carbocycles. The van der Waals surface area contributed by atoms with Crippen LogP contribution in [0.25, 0.3) is 0 Å². The SMILES string of the molecule is Cc1noc(CNC(=O)CN2CCN(Cc3ccc(Br)cc3F)CC2)n1. The van der Waals surface area contributed by atoms with Crippen LogP contribution in [0.5, 0.6) is 0 Å². The summed E-state index contributed by atoms with van der Waals surface area (Å²) in [6.45, 7) is 6.01. The van der Waals surface area contributed by atoms with E-state index < -0.39 is 0 Å². The van der Waals surface area contributed by atoms with E-state index in [0.717, 1.165) is 30.7 Å². The van der Waals surface area contributed by atoms with Crippen molar-refractivity contribution in [3.8, 4) is 0 Å². The van der Waals surface area contributed by atoms with Crippen molar-refractivity contribution in [2.75, 3.05) is 32.7 Å². The molecule has 0 radical (unpaired) electrons. The molecule has 140 valence electrons. The summed E-state index contributed by atoms with van der Waals surface area (Å²) in [5.74, 6) is 0.676. The molecule has 2 heterocycles. The number of hydrogen-bond donors (Lipinski definition) is 1. The fraction of sp³-hybridized carbons (Fsp3) is 0.471. The van der Waals surface area contributed by atoms with Crippen LogP contribution in [0.15, 0.2) is 27.2 Å². The number of nitrogens with one attached hydrogen (secondary N) is 1.